The summed E-state index contributed by atoms with van der Waals surface area (Å²) in [7, 11) is 0. The molecule has 0 fully saturated rings. The fourth-order valence-corrected chi connectivity index (χ4v) is 3.66. The fraction of sp³-hybridized carbons (Fsp3) is 0.500. The van der Waals surface area contributed by atoms with Crippen molar-refractivity contribution in [1.29, 1.82) is 0 Å². The largest absolute Gasteiger partial charge is 0.444 e. The van der Waals surface area contributed by atoms with E-state index in [-0.39, 0.29) is 30.0 Å². The highest BCUT2D eigenvalue weighted by molar-refractivity contribution is 14.0. The highest BCUT2D eigenvalue weighted by Gasteiger charge is 2.20. The number of amides is 1. The van der Waals surface area contributed by atoms with Gasteiger partial charge in [-0.2, -0.15) is 0 Å². The summed E-state index contributed by atoms with van der Waals surface area (Å²) in [4.78, 5) is 22.6. The van der Waals surface area contributed by atoms with Crippen LogP contribution < -0.4 is 16.0 Å². The zero-order valence-corrected chi connectivity index (χ0v) is 22.3. The number of halogens is 1. The number of nitrogens with one attached hydrogen (secondary N) is 3. The zero-order valence-electron chi connectivity index (χ0n) is 19.1. The van der Waals surface area contributed by atoms with Gasteiger partial charge < -0.3 is 20.7 Å². The Morgan fingerprint density at radius 3 is 2.42 bits per heavy atom. The third kappa shape index (κ3) is 9.86. The number of benzene rings is 1. The third-order valence-corrected chi connectivity index (χ3v) is 5.15. The van der Waals surface area contributed by atoms with Gasteiger partial charge in [-0.15, -0.1) is 35.3 Å². The number of thiazole rings is 1. The number of hydrogen-bond donors (Lipinski definition) is 3. The lowest BCUT2D eigenvalue weighted by molar-refractivity contribution is 0.0504. The van der Waals surface area contributed by atoms with Crippen molar-refractivity contribution >= 4 is 47.4 Å². The molecule has 1 heterocycles. The molecule has 0 aliphatic heterocycles. The van der Waals surface area contributed by atoms with Crippen molar-refractivity contribution in [3.63, 3.8) is 0 Å². The predicted molar refractivity (Wildman–Crippen MR) is 138 cm³/mol. The Kier molecular flexibility index (Phi) is 11.3. The van der Waals surface area contributed by atoms with E-state index in [9.17, 15) is 4.79 Å². The standard InChI is InChI=1S/C22H33N5O2S.HI/c1-7-23-20(25-14-19-15(2)26-16(3)30-19)24-13-18(17-11-9-8-10-12-17)27-21(28)29-22(4,5)6;/h8-12,18H,7,13-14H2,1-6H3,(H,27,28)(H2,23,24,25);1H. The van der Waals surface area contributed by atoms with Crippen LogP contribution in [0.5, 0.6) is 0 Å². The number of aromatic nitrogens is 1. The molecule has 0 saturated carbocycles. The molecular formula is C22H34IN5O2S. The van der Waals surface area contributed by atoms with Crippen molar-refractivity contribution in [3.8, 4) is 0 Å². The average molecular weight is 560 g/mol. The number of aryl methyl sites for hydroxylation is 2. The maximum absolute atomic E-state index is 12.4. The molecule has 0 bridgehead atoms. The number of ether oxygens (including phenoxy) is 1. The lowest BCUT2D eigenvalue weighted by atomic mass is 10.1. The predicted octanol–water partition coefficient (Wildman–Crippen LogP) is 4.70. The molecule has 3 N–H and O–H groups in total. The minimum atomic E-state index is -0.556. The van der Waals surface area contributed by atoms with Crippen molar-refractivity contribution < 1.29 is 9.53 Å². The molecule has 1 unspecified atom stereocenters. The smallest absolute Gasteiger partial charge is 0.408 e. The van der Waals surface area contributed by atoms with Crippen molar-refractivity contribution in [1.82, 2.24) is 20.9 Å². The average Bonchev–Trinajstić information content (AvgIpc) is 2.99. The van der Waals surface area contributed by atoms with Crippen LogP contribution in [-0.2, 0) is 11.3 Å². The van der Waals surface area contributed by atoms with Crippen LogP contribution in [0.25, 0.3) is 0 Å². The first-order valence-electron chi connectivity index (χ1n) is 10.2. The Labute approximate surface area is 206 Å². The number of carbonyl (C=O) groups is 1. The lowest BCUT2D eigenvalue weighted by Crippen LogP contribution is -2.44. The molecule has 1 aromatic heterocycles. The molecule has 0 saturated heterocycles. The van der Waals surface area contributed by atoms with Gasteiger partial charge in [-0.1, -0.05) is 30.3 Å². The number of guanidine groups is 1. The topological polar surface area (TPSA) is 87.6 Å². The second-order valence-electron chi connectivity index (χ2n) is 7.93. The van der Waals surface area contributed by atoms with Gasteiger partial charge in [-0.05, 0) is 47.1 Å². The van der Waals surface area contributed by atoms with Crippen LogP contribution in [0.3, 0.4) is 0 Å². The molecule has 0 spiro atoms. The van der Waals surface area contributed by atoms with Gasteiger partial charge in [0.05, 0.1) is 23.3 Å². The minimum Gasteiger partial charge on any atom is -0.444 e. The van der Waals surface area contributed by atoms with E-state index < -0.39 is 11.7 Å². The van der Waals surface area contributed by atoms with Gasteiger partial charge in [0.15, 0.2) is 5.96 Å². The zero-order chi connectivity index (χ0) is 22.1. The number of nitrogens with zero attached hydrogens (tertiary/aromatic N) is 2. The van der Waals surface area contributed by atoms with E-state index in [1.165, 1.54) is 0 Å². The summed E-state index contributed by atoms with van der Waals surface area (Å²) in [6.45, 7) is 13.3. The molecule has 172 valence electrons. The van der Waals surface area contributed by atoms with E-state index >= 15 is 0 Å². The lowest BCUT2D eigenvalue weighted by Gasteiger charge is -2.24. The van der Waals surface area contributed by atoms with Crippen molar-refractivity contribution in [3.05, 3.63) is 51.5 Å². The van der Waals surface area contributed by atoms with E-state index in [0.717, 1.165) is 27.7 Å². The van der Waals surface area contributed by atoms with Crippen LogP contribution in [0.4, 0.5) is 4.79 Å². The van der Waals surface area contributed by atoms with Crippen LogP contribution in [0.1, 0.15) is 54.9 Å². The van der Waals surface area contributed by atoms with Crippen molar-refractivity contribution in [2.45, 2.75) is 59.7 Å². The molecule has 0 aliphatic rings. The SMILES string of the molecule is CCNC(=NCc1sc(C)nc1C)NCC(NC(=O)OC(C)(C)C)c1ccccc1.I. The second kappa shape index (κ2) is 12.8. The summed E-state index contributed by atoms with van der Waals surface area (Å²) in [6, 6.07) is 9.55. The van der Waals surface area contributed by atoms with E-state index in [4.69, 9.17) is 4.74 Å². The Balaban J connectivity index is 0.00000480. The molecular weight excluding hydrogens is 525 g/mol. The summed E-state index contributed by atoms with van der Waals surface area (Å²) < 4.78 is 5.44. The highest BCUT2D eigenvalue weighted by atomic mass is 127. The van der Waals surface area contributed by atoms with Crippen LogP contribution >= 0.6 is 35.3 Å². The maximum atomic E-state index is 12.4. The van der Waals surface area contributed by atoms with Gasteiger partial charge in [-0.25, -0.2) is 14.8 Å². The molecule has 1 amide bonds. The molecule has 2 rings (SSSR count). The van der Waals surface area contributed by atoms with E-state index in [1.54, 1.807) is 11.3 Å². The summed E-state index contributed by atoms with van der Waals surface area (Å²) in [5.74, 6) is 0.690. The summed E-state index contributed by atoms with van der Waals surface area (Å²) in [5, 5.41) is 10.6. The monoisotopic (exact) mass is 559 g/mol. The first-order valence-corrected chi connectivity index (χ1v) is 11.0. The highest BCUT2D eigenvalue weighted by Crippen LogP contribution is 2.18. The van der Waals surface area contributed by atoms with Gasteiger partial charge in [0.1, 0.15) is 5.60 Å². The molecule has 9 heteroatoms. The normalized spacial score (nSPS) is 12.5. The summed E-state index contributed by atoms with van der Waals surface area (Å²) in [6.07, 6.45) is -0.448. The van der Waals surface area contributed by atoms with E-state index in [0.29, 0.717) is 19.0 Å². The van der Waals surface area contributed by atoms with Crippen LogP contribution in [0.15, 0.2) is 35.3 Å². The fourth-order valence-electron chi connectivity index (χ4n) is 2.80. The number of aliphatic imine (C=N–C) groups is 1. The molecule has 31 heavy (non-hydrogen) atoms. The van der Waals surface area contributed by atoms with Crippen molar-refractivity contribution in [2.75, 3.05) is 13.1 Å². The number of rotatable bonds is 7. The molecule has 7 nitrogen and oxygen atoms in total. The maximum Gasteiger partial charge on any atom is 0.408 e. The van der Waals surface area contributed by atoms with Crippen molar-refractivity contribution in [2.24, 2.45) is 4.99 Å². The Hall–Kier alpha value is -1.88. The van der Waals surface area contributed by atoms with Crippen LogP contribution in [-0.4, -0.2) is 35.7 Å². The van der Waals surface area contributed by atoms with Gasteiger partial charge in [0.2, 0.25) is 0 Å². The molecule has 1 atom stereocenters. The third-order valence-electron chi connectivity index (χ3n) is 4.09. The van der Waals surface area contributed by atoms with Gasteiger partial charge >= 0.3 is 6.09 Å². The van der Waals surface area contributed by atoms with E-state index in [1.807, 2.05) is 71.9 Å². The van der Waals surface area contributed by atoms with Gasteiger partial charge in [-0.3, -0.25) is 0 Å². The van der Waals surface area contributed by atoms with Gasteiger partial charge in [0, 0.05) is 18.0 Å². The minimum absolute atomic E-state index is 0. The van der Waals surface area contributed by atoms with E-state index in [2.05, 4.69) is 25.9 Å². The van der Waals surface area contributed by atoms with Gasteiger partial charge in [0.25, 0.3) is 0 Å². The summed E-state index contributed by atoms with van der Waals surface area (Å²) in [5.41, 5.74) is 1.45. The van der Waals surface area contributed by atoms with Crippen LogP contribution in [0, 0.1) is 13.8 Å². The quantitative estimate of drug-likeness (QED) is 0.260. The van der Waals surface area contributed by atoms with Crippen LogP contribution in [0.2, 0.25) is 0 Å². The summed E-state index contributed by atoms with van der Waals surface area (Å²) >= 11 is 1.66. The first-order chi connectivity index (χ1) is 14.2. The number of alkyl carbamates (subject to hydrolysis) is 1. The second-order valence-corrected chi connectivity index (χ2v) is 9.21. The molecule has 2 aromatic rings. The Bertz CT molecular complexity index is 849. The molecule has 1 aromatic carbocycles. The Morgan fingerprint density at radius 2 is 1.87 bits per heavy atom. The first kappa shape index (κ1) is 27.2. The molecule has 0 radical (unpaired) electrons. The number of carbonyl (C=O) groups excluding carboxylic acids is 1. The molecule has 0 aliphatic carbocycles. The number of hydrogen-bond acceptors (Lipinski definition) is 5. The Morgan fingerprint density at radius 1 is 1.19 bits per heavy atom.